The van der Waals surface area contributed by atoms with Crippen molar-refractivity contribution in [3.63, 3.8) is 0 Å². The average molecular weight is 407 g/mol. The lowest BCUT2D eigenvalue weighted by Gasteiger charge is -2.19. The van der Waals surface area contributed by atoms with Crippen molar-refractivity contribution in [1.29, 1.82) is 0 Å². The van der Waals surface area contributed by atoms with E-state index < -0.39 is 10.0 Å². The Morgan fingerprint density at radius 2 is 1.38 bits per heavy atom. The van der Waals surface area contributed by atoms with E-state index in [1.807, 2.05) is 37.3 Å². The van der Waals surface area contributed by atoms with Crippen LogP contribution < -0.4 is 9.73 Å². The van der Waals surface area contributed by atoms with E-state index in [1.54, 1.807) is 54.6 Å². The number of nitrogens with one attached hydrogen (secondary N) is 1. The van der Waals surface area contributed by atoms with Crippen LogP contribution in [0.5, 0.6) is 0 Å². The molecular weight excluding hydrogens is 386 g/mol. The van der Waals surface area contributed by atoms with Gasteiger partial charge in [-0.1, -0.05) is 48.5 Å². The van der Waals surface area contributed by atoms with Gasteiger partial charge in [-0.3, -0.25) is 9.10 Å². The van der Waals surface area contributed by atoms with Gasteiger partial charge in [-0.2, -0.15) is 5.10 Å². The first-order valence-corrected chi connectivity index (χ1v) is 10.4. The third-order valence-electron chi connectivity index (χ3n) is 4.41. The molecular formula is C22H21N3O3S. The van der Waals surface area contributed by atoms with Gasteiger partial charge in [-0.25, -0.2) is 13.8 Å². The SMILES string of the molecule is CC(=NNC(=O)c1ccc(N(C)S(=O)(=O)c2ccccc2)cc1)c1ccccc1. The minimum Gasteiger partial charge on any atom is -0.269 e. The Hall–Kier alpha value is -3.45. The summed E-state index contributed by atoms with van der Waals surface area (Å²) in [5.41, 5.74) is 4.95. The van der Waals surface area contributed by atoms with Gasteiger partial charge in [0, 0.05) is 12.6 Å². The van der Waals surface area contributed by atoms with Crippen molar-refractivity contribution >= 4 is 27.3 Å². The van der Waals surface area contributed by atoms with Gasteiger partial charge in [-0.15, -0.1) is 0 Å². The molecule has 0 aliphatic rings. The highest BCUT2D eigenvalue weighted by molar-refractivity contribution is 7.92. The van der Waals surface area contributed by atoms with Crippen LogP contribution in [0.1, 0.15) is 22.8 Å². The Morgan fingerprint density at radius 3 is 1.97 bits per heavy atom. The van der Waals surface area contributed by atoms with Crippen LogP contribution in [0, 0.1) is 0 Å². The van der Waals surface area contributed by atoms with Crippen molar-refractivity contribution in [3.05, 3.63) is 96.1 Å². The zero-order valence-electron chi connectivity index (χ0n) is 16.1. The van der Waals surface area contributed by atoms with Gasteiger partial charge < -0.3 is 0 Å². The lowest BCUT2D eigenvalue weighted by atomic mass is 10.1. The molecule has 0 fully saturated rings. The van der Waals surface area contributed by atoms with E-state index in [1.165, 1.54) is 11.4 Å². The van der Waals surface area contributed by atoms with Crippen LogP contribution >= 0.6 is 0 Å². The smallest absolute Gasteiger partial charge is 0.269 e. The first kappa shape index (κ1) is 20.3. The number of amides is 1. The summed E-state index contributed by atoms with van der Waals surface area (Å²) in [6, 6.07) is 24.0. The van der Waals surface area contributed by atoms with Gasteiger partial charge in [0.1, 0.15) is 0 Å². The maximum absolute atomic E-state index is 12.7. The maximum atomic E-state index is 12.7. The molecule has 6 nitrogen and oxygen atoms in total. The van der Waals surface area contributed by atoms with E-state index in [2.05, 4.69) is 10.5 Å². The lowest BCUT2D eigenvalue weighted by Crippen LogP contribution is -2.26. The van der Waals surface area contributed by atoms with Crippen LogP contribution in [0.25, 0.3) is 0 Å². The Labute approximate surface area is 170 Å². The molecule has 7 heteroatoms. The number of carbonyl (C=O) groups excluding carboxylic acids is 1. The van der Waals surface area contributed by atoms with E-state index in [9.17, 15) is 13.2 Å². The molecule has 0 atom stereocenters. The van der Waals surface area contributed by atoms with Crippen molar-refractivity contribution in [2.75, 3.05) is 11.4 Å². The third kappa shape index (κ3) is 4.70. The second-order valence-corrected chi connectivity index (χ2v) is 8.31. The van der Waals surface area contributed by atoms with E-state index in [4.69, 9.17) is 0 Å². The second kappa shape index (κ2) is 8.70. The summed E-state index contributed by atoms with van der Waals surface area (Å²) in [5, 5.41) is 4.12. The third-order valence-corrected chi connectivity index (χ3v) is 6.21. The highest BCUT2D eigenvalue weighted by Gasteiger charge is 2.21. The van der Waals surface area contributed by atoms with Crippen LogP contribution in [0.2, 0.25) is 0 Å². The van der Waals surface area contributed by atoms with E-state index >= 15 is 0 Å². The number of carbonyl (C=O) groups is 1. The first-order chi connectivity index (χ1) is 13.9. The van der Waals surface area contributed by atoms with Crippen molar-refractivity contribution < 1.29 is 13.2 Å². The summed E-state index contributed by atoms with van der Waals surface area (Å²) in [5.74, 6) is -0.375. The van der Waals surface area contributed by atoms with Gasteiger partial charge in [0.15, 0.2) is 0 Å². The van der Waals surface area contributed by atoms with Crippen molar-refractivity contribution in [3.8, 4) is 0 Å². The molecule has 29 heavy (non-hydrogen) atoms. The molecule has 0 radical (unpaired) electrons. The van der Waals surface area contributed by atoms with Crippen LogP contribution in [-0.2, 0) is 10.0 Å². The number of rotatable bonds is 6. The molecule has 0 unspecified atom stereocenters. The summed E-state index contributed by atoms with van der Waals surface area (Å²) >= 11 is 0. The number of hydrazone groups is 1. The van der Waals surface area contributed by atoms with Crippen molar-refractivity contribution in [2.45, 2.75) is 11.8 Å². The zero-order chi connectivity index (χ0) is 20.9. The van der Waals surface area contributed by atoms with E-state index in [-0.39, 0.29) is 10.8 Å². The molecule has 0 aliphatic carbocycles. The van der Waals surface area contributed by atoms with E-state index in [0.29, 0.717) is 17.0 Å². The van der Waals surface area contributed by atoms with Crippen LogP contribution in [-0.4, -0.2) is 27.1 Å². The highest BCUT2D eigenvalue weighted by atomic mass is 32.2. The molecule has 1 N–H and O–H groups in total. The maximum Gasteiger partial charge on any atom is 0.271 e. The van der Waals surface area contributed by atoms with Gasteiger partial charge in [0.05, 0.1) is 16.3 Å². The fourth-order valence-corrected chi connectivity index (χ4v) is 3.87. The van der Waals surface area contributed by atoms with Crippen LogP contribution in [0.4, 0.5) is 5.69 Å². The molecule has 0 saturated carbocycles. The molecule has 3 aromatic rings. The molecule has 0 bridgehead atoms. The van der Waals surface area contributed by atoms with E-state index in [0.717, 1.165) is 5.56 Å². The minimum absolute atomic E-state index is 0.204. The number of anilines is 1. The molecule has 148 valence electrons. The fourth-order valence-electron chi connectivity index (χ4n) is 2.66. The summed E-state index contributed by atoms with van der Waals surface area (Å²) in [7, 11) is -2.19. The summed E-state index contributed by atoms with van der Waals surface area (Å²) < 4.78 is 26.6. The Kier molecular flexibility index (Phi) is 6.09. The molecule has 3 aromatic carbocycles. The van der Waals surface area contributed by atoms with Crippen molar-refractivity contribution in [2.24, 2.45) is 5.10 Å². The van der Waals surface area contributed by atoms with Gasteiger partial charge >= 0.3 is 0 Å². The predicted octanol–water partition coefficient (Wildman–Crippen LogP) is 3.67. The van der Waals surface area contributed by atoms with Crippen molar-refractivity contribution in [1.82, 2.24) is 5.43 Å². The quantitative estimate of drug-likeness (QED) is 0.500. The largest absolute Gasteiger partial charge is 0.271 e. The molecule has 3 rings (SSSR count). The first-order valence-electron chi connectivity index (χ1n) is 8.93. The molecule has 0 spiro atoms. The topological polar surface area (TPSA) is 78.8 Å². The number of sulfonamides is 1. The monoisotopic (exact) mass is 407 g/mol. The molecule has 0 aliphatic heterocycles. The molecule has 1 amide bonds. The number of benzene rings is 3. The molecule has 0 aromatic heterocycles. The molecule has 0 heterocycles. The Balaban J connectivity index is 1.72. The molecule has 0 saturated heterocycles. The predicted molar refractivity (Wildman–Crippen MR) is 115 cm³/mol. The number of nitrogens with zero attached hydrogens (tertiary/aromatic N) is 2. The normalized spacial score (nSPS) is 11.7. The number of hydrogen-bond donors (Lipinski definition) is 1. The zero-order valence-corrected chi connectivity index (χ0v) is 16.9. The Morgan fingerprint density at radius 1 is 0.828 bits per heavy atom. The fraction of sp³-hybridized carbons (Fsp3) is 0.0909. The highest BCUT2D eigenvalue weighted by Crippen LogP contribution is 2.22. The second-order valence-electron chi connectivity index (χ2n) is 6.34. The lowest BCUT2D eigenvalue weighted by molar-refractivity contribution is 0.0955. The van der Waals surface area contributed by atoms with Crippen LogP contribution in [0.3, 0.4) is 0 Å². The van der Waals surface area contributed by atoms with Gasteiger partial charge in [-0.05, 0) is 48.9 Å². The Bertz CT molecular complexity index is 1110. The number of hydrogen-bond acceptors (Lipinski definition) is 4. The average Bonchev–Trinajstić information content (AvgIpc) is 2.78. The summed E-state index contributed by atoms with van der Waals surface area (Å²) in [6.45, 7) is 1.81. The van der Waals surface area contributed by atoms with Gasteiger partial charge in [0.25, 0.3) is 15.9 Å². The van der Waals surface area contributed by atoms with Gasteiger partial charge in [0.2, 0.25) is 0 Å². The van der Waals surface area contributed by atoms with Crippen LogP contribution in [0.15, 0.2) is 94.9 Å². The summed E-state index contributed by atoms with van der Waals surface area (Å²) in [6.07, 6.45) is 0. The standard InChI is InChI=1S/C22H21N3O3S/c1-17(18-9-5-3-6-10-18)23-24-22(26)19-13-15-20(16-14-19)25(2)29(27,28)21-11-7-4-8-12-21/h3-16H,1-2H3,(H,24,26). The summed E-state index contributed by atoms with van der Waals surface area (Å²) in [4.78, 5) is 12.5. The minimum atomic E-state index is -3.67.